The van der Waals surface area contributed by atoms with Crippen molar-refractivity contribution in [2.24, 2.45) is 0 Å². The van der Waals surface area contributed by atoms with Crippen molar-refractivity contribution < 1.29 is 13.2 Å². The van der Waals surface area contributed by atoms with Gasteiger partial charge in [-0.2, -0.15) is 0 Å². The molecule has 1 amide bonds. The lowest BCUT2D eigenvalue weighted by Crippen LogP contribution is -2.35. The minimum Gasteiger partial charge on any atom is -0.349 e. The zero-order valence-electron chi connectivity index (χ0n) is 13.6. The molecule has 1 fully saturated rings. The lowest BCUT2D eigenvalue weighted by Gasteiger charge is -2.22. The Kier molecular flexibility index (Phi) is 5.06. The summed E-state index contributed by atoms with van der Waals surface area (Å²) in [5.74, 6) is -0.169. The molecule has 0 unspecified atom stereocenters. The SMILES string of the molecule is Cc1ccc(S(=O)(=O)c2ccc(C(=O)NC3CCCCC3)s2)cc1. The number of sulfone groups is 1. The van der Waals surface area contributed by atoms with Gasteiger partial charge in [-0.3, -0.25) is 4.79 Å². The summed E-state index contributed by atoms with van der Waals surface area (Å²) in [5.41, 5.74) is 1.01. The Hall–Kier alpha value is -1.66. The number of carbonyl (C=O) groups excluding carboxylic acids is 1. The molecule has 0 radical (unpaired) electrons. The van der Waals surface area contributed by atoms with E-state index in [1.54, 1.807) is 30.3 Å². The average molecular weight is 364 g/mol. The highest BCUT2D eigenvalue weighted by Crippen LogP contribution is 2.28. The fraction of sp³-hybridized carbons (Fsp3) is 0.389. The molecule has 0 saturated heterocycles. The largest absolute Gasteiger partial charge is 0.349 e. The third kappa shape index (κ3) is 3.70. The molecule has 0 spiro atoms. The molecule has 1 N–H and O–H groups in total. The number of carbonyl (C=O) groups is 1. The Morgan fingerprint density at radius 2 is 1.71 bits per heavy atom. The molecule has 128 valence electrons. The minimum atomic E-state index is -3.56. The molecular formula is C18H21NO3S2. The van der Waals surface area contributed by atoms with E-state index in [4.69, 9.17) is 0 Å². The predicted molar refractivity (Wildman–Crippen MR) is 95.3 cm³/mol. The lowest BCUT2D eigenvalue weighted by atomic mass is 9.95. The third-order valence-corrected chi connectivity index (χ3v) is 7.69. The Morgan fingerprint density at radius 1 is 1.04 bits per heavy atom. The number of hydrogen-bond acceptors (Lipinski definition) is 4. The first-order chi connectivity index (χ1) is 11.5. The normalized spacial score (nSPS) is 16.0. The van der Waals surface area contributed by atoms with E-state index in [0.29, 0.717) is 4.88 Å². The van der Waals surface area contributed by atoms with Gasteiger partial charge in [-0.25, -0.2) is 8.42 Å². The smallest absolute Gasteiger partial charge is 0.261 e. The van der Waals surface area contributed by atoms with Gasteiger partial charge in [0, 0.05) is 6.04 Å². The molecule has 1 heterocycles. The van der Waals surface area contributed by atoms with Crippen molar-refractivity contribution >= 4 is 27.1 Å². The molecule has 4 nitrogen and oxygen atoms in total. The molecule has 3 rings (SSSR count). The summed E-state index contributed by atoms with van der Waals surface area (Å²) in [6, 6.07) is 10.1. The van der Waals surface area contributed by atoms with Crippen LogP contribution < -0.4 is 5.32 Å². The monoisotopic (exact) mass is 363 g/mol. The van der Waals surface area contributed by atoms with E-state index in [1.807, 2.05) is 6.92 Å². The highest BCUT2D eigenvalue weighted by Gasteiger charge is 2.23. The van der Waals surface area contributed by atoms with Gasteiger partial charge in [0.25, 0.3) is 5.91 Å². The van der Waals surface area contributed by atoms with Gasteiger partial charge in [-0.05, 0) is 44.0 Å². The number of rotatable bonds is 4. The van der Waals surface area contributed by atoms with E-state index >= 15 is 0 Å². The van der Waals surface area contributed by atoms with Crippen molar-refractivity contribution in [3.63, 3.8) is 0 Å². The first-order valence-electron chi connectivity index (χ1n) is 8.19. The van der Waals surface area contributed by atoms with Crippen LogP contribution in [-0.2, 0) is 9.84 Å². The quantitative estimate of drug-likeness (QED) is 0.894. The molecule has 1 saturated carbocycles. The average Bonchev–Trinajstić information content (AvgIpc) is 3.07. The van der Waals surface area contributed by atoms with Crippen LogP contribution in [-0.4, -0.2) is 20.4 Å². The summed E-state index contributed by atoms with van der Waals surface area (Å²) < 4.78 is 25.5. The van der Waals surface area contributed by atoms with Gasteiger partial charge < -0.3 is 5.32 Å². The summed E-state index contributed by atoms with van der Waals surface area (Å²) in [4.78, 5) is 13.0. The van der Waals surface area contributed by atoms with Crippen LogP contribution in [0.2, 0.25) is 0 Å². The number of hydrogen-bond donors (Lipinski definition) is 1. The van der Waals surface area contributed by atoms with Crippen molar-refractivity contribution in [1.29, 1.82) is 0 Å². The van der Waals surface area contributed by atoms with E-state index in [9.17, 15) is 13.2 Å². The van der Waals surface area contributed by atoms with Crippen LogP contribution in [0.1, 0.15) is 47.3 Å². The van der Waals surface area contributed by atoms with Crippen molar-refractivity contribution in [3.8, 4) is 0 Å². The molecular weight excluding hydrogens is 342 g/mol. The molecule has 6 heteroatoms. The van der Waals surface area contributed by atoms with Gasteiger partial charge in [0.05, 0.1) is 9.77 Å². The second-order valence-electron chi connectivity index (χ2n) is 6.24. The van der Waals surface area contributed by atoms with Crippen LogP contribution >= 0.6 is 11.3 Å². The fourth-order valence-corrected chi connectivity index (χ4v) is 5.53. The zero-order chi connectivity index (χ0) is 17.2. The molecule has 1 aliphatic rings. The van der Waals surface area contributed by atoms with E-state index in [2.05, 4.69) is 5.32 Å². The summed E-state index contributed by atoms with van der Waals surface area (Å²) in [5, 5.41) is 3.02. The second-order valence-corrected chi connectivity index (χ2v) is 9.50. The molecule has 1 aromatic carbocycles. The van der Waals surface area contributed by atoms with Crippen LogP contribution in [0.15, 0.2) is 45.5 Å². The van der Waals surface area contributed by atoms with Gasteiger partial charge in [-0.15, -0.1) is 11.3 Å². The van der Waals surface area contributed by atoms with Crippen LogP contribution in [0.4, 0.5) is 0 Å². The first-order valence-corrected chi connectivity index (χ1v) is 10.5. The molecule has 0 atom stereocenters. The summed E-state index contributed by atoms with van der Waals surface area (Å²) in [6.45, 7) is 1.91. The van der Waals surface area contributed by atoms with Crippen LogP contribution in [0.25, 0.3) is 0 Å². The van der Waals surface area contributed by atoms with Gasteiger partial charge in [-0.1, -0.05) is 37.0 Å². The van der Waals surface area contributed by atoms with E-state index in [-0.39, 0.29) is 21.1 Å². The van der Waals surface area contributed by atoms with Gasteiger partial charge in [0.1, 0.15) is 4.21 Å². The Balaban J connectivity index is 1.76. The number of benzene rings is 1. The number of thiophene rings is 1. The Bertz CT molecular complexity index is 816. The molecule has 1 aromatic heterocycles. The van der Waals surface area contributed by atoms with E-state index in [0.717, 1.165) is 42.6 Å². The summed E-state index contributed by atoms with van der Waals surface area (Å²) >= 11 is 1.04. The summed E-state index contributed by atoms with van der Waals surface area (Å²) in [7, 11) is -3.56. The number of aryl methyl sites for hydroxylation is 1. The van der Waals surface area contributed by atoms with Crippen molar-refractivity contribution in [2.75, 3.05) is 0 Å². The highest BCUT2D eigenvalue weighted by molar-refractivity contribution is 7.93. The first kappa shape index (κ1) is 17.2. The lowest BCUT2D eigenvalue weighted by molar-refractivity contribution is 0.0932. The maximum atomic E-state index is 12.6. The third-order valence-electron chi connectivity index (χ3n) is 4.34. The molecule has 1 aliphatic carbocycles. The van der Waals surface area contributed by atoms with Gasteiger partial charge >= 0.3 is 0 Å². The predicted octanol–water partition coefficient (Wildman–Crippen LogP) is 3.95. The van der Waals surface area contributed by atoms with Crippen molar-refractivity contribution in [1.82, 2.24) is 5.32 Å². The molecule has 0 aliphatic heterocycles. The molecule has 24 heavy (non-hydrogen) atoms. The van der Waals surface area contributed by atoms with Crippen LogP contribution in [0.3, 0.4) is 0 Å². The van der Waals surface area contributed by atoms with Crippen molar-refractivity contribution in [2.45, 2.75) is 54.2 Å². The van der Waals surface area contributed by atoms with E-state index < -0.39 is 9.84 Å². The van der Waals surface area contributed by atoms with Crippen LogP contribution in [0, 0.1) is 6.92 Å². The summed E-state index contributed by atoms with van der Waals surface area (Å²) in [6.07, 6.45) is 5.52. The van der Waals surface area contributed by atoms with E-state index in [1.165, 1.54) is 12.5 Å². The topological polar surface area (TPSA) is 63.2 Å². The molecule has 2 aromatic rings. The second kappa shape index (κ2) is 7.07. The highest BCUT2D eigenvalue weighted by atomic mass is 32.2. The minimum absolute atomic E-state index is 0.169. The number of nitrogens with one attached hydrogen (secondary N) is 1. The standard InChI is InChI=1S/C18H21NO3S2/c1-13-7-9-15(10-8-13)24(21,22)17-12-11-16(23-17)18(20)19-14-5-3-2-4-6-14/h7-12,14H,2-6H2,1H3,(H,19,20). The van der Waals surface area contributed by atoms with Crippen LogP contribution in [0.5, 0.6) is 0 Å². The Morgan fingerprint density at radius 3 is 2.38 bits per heavy atom. The maximum Gasteiger partial charge on any atom is 0.261 e. The molecule has 0 bridgehead atoms. The Labute approximate surface area is 146 Å². The van der Waals surface area contributed by atoms with Gasteiger partial charge in [0.15, 0.2) is 0 Å². The van der Waals surface area contributed by atoms with Crippen molar-refractivity contribution in [3.05, 3.63) is 46.8 Å². The van der Waals surface area contributed by atoms with Gasteiger partial charge in [0.2, 0.25) is 9.84 Å². The zero-order valence-corrected chi connectivity index (χ0v) is 15.3. The fourth-order valence-electron chi connectivity index (χ4n) is 2.92. The number of amides is 1. The maximum absolute atomic E-state index is 12.6.